The van der Waals surface area contributed by atoms with Gasteiger partial charge in [-0.1, -0.05) is 0 Å². The third kappa shape index (κ3) is 3.13. The number of esters is 2. The Balaban J connectivity index is 2.29. The zero-order valence-corrected chi connectivity index (χ0v) is 12.2. The van der Waals surface area contributed by atoms with Crippen LogP contribution < -0.4 is 10.6 Å². The van der Waals surface area contributed by atoms with Crippen molar-refractivity contribution in [2.75, 3.05) is 23.8 Å². The molecule has 0 spiro atoms. The zero-order valence-electron chi connectivity index (χ0n) is 12.2. The summed E-state index contributed by atoms with van der Waals surface area (Å²) in [7, 11) is 0. The number of anilines is 2. The van der Waals surface area contributed by atoms with Gasteiger partial charge in [0, 0.05) is 0 Å². The first-order chi connectivity index (χ1) is 10.6. The molecule has 1 unspecified atom stereocenters. The van der Waals surface area contributed by atoms with E-state index in [-0.39, 0.29) is 13.2 Å². The molecule has 1 aliphatic rings. The van der Waals surface area contributed by atoms with Gasteiger partial charge < -0.3 is 20.1 Å². The molecule has 22 heavy (non-hydrogen) atoms. The fourth-order valence-electron chi connectivity index (χ4n) is 2.03. The van der Waals surface area contributed by atoms with E-state index in [9.17, 15) is 14.4 Å². The van der Waals surface area contributed by atoms with Gasteiger partial charge in [0.05, 0.1) is 19.4 Å². The van der Waals surface area contributed by atoms with Gasteiger partial charge in [-0.3, -0.25) is 14.4 Å². The summed E-state index contributed by atoms with van der Waals surface area (Å²) in [6.45, 7) is 3.39. The summed E-state index contributed by atoms with van der Waals surface area (Å²) in [5, 5.41) is 5.30. The smallest absolute Gasteiger partial charge is 0.323 e. The Morgan fingerprint density at radius 2 is 1.91 bits per heavy atom. The van der Waals surface area contributed by atoms with Gasteiger partial charge in [-0.05, 0) is 13.8 Å². The molecule has 0 radical (unpaired) electrons. The van der Waals surface area contributed by atoms with Gasteiger partial charge in [-0.2, -0.15) is 0 Å². The average molecular weight is 308 g/mol. The number of ether oxygens (including phenoxy) is 2. The molecule has 2 N–H and O–H groups in total. The molecule has 1 aromatic heterocycles. The van der Waals surface area contributed by atoms with Gasteiger partial charge in [0.2, 0.25) is 5.91 Å². The average Bonchev–Trinajstić information content (AvgIpc) is 2.48. The molecule has 9 heteroatoms. The first-order valence-electron chi connectivity index (χ1n) is 6.79. The van der Waals surface area contributed by atoms with Crippen molar-refractivity contribution in [3.8, 4) is 0 Å². The van der Waals surface area contributed by atoms with Crippen LogP contribution in [-0.4, -0.2) is 47.1 Å². The summed E-state index contributed by atoms with van der Waals surface area (Å²) in [6.07, 6.45) is 2.69. The third-order valence-corrected chi connectivity index (χ3v) is 2.96. The lowest BCUT2D eigenvalue weighted by atomic mass is 9.97. The maximum absolute atomic E-state index is 12.2. The van der Waals surface area contributed by atoms with Crippen molar-refractivity contribution in [2.45, 2.75) is 19.9 Å². The quantitative estimate of drug-likeness (QED) is 0.574. The lowest BCUT2D eigenvalue weighted by Crippen LogP contribution is -2.51. The molecule has 118 valence electrons. The normalized spacial score (nSPS) is 16.3. The van der Waals surface area contributed by atoms with Crippen LogP contribution in [0.15, 0.2) is 12.5 Å². The van der Waals surface area contributed by atoms with E-state index in [1.165, 1.54) is 12.5 Å². The largest absolute Gasteiger partial charge is 0.465 e. The highest BCUT2D eigenvalue weighted by Gasteiger charge is 2.44. The summed E-state index contributed by atoms with van der Waals surface area (Å²) < 4.78 is 9.74. The van der Waals surface area contributed by atoms with E-state index in [2.05, 4.69) is 20.6 Å². The van der Waals surface area contributed by atoms with Crippen LogP contribution >= 0.6 is 0 Å². The molecule has 2 heterocycles. The maximum Gasteiger partial charge on any atom is 0.323 e. The summed E-state index contributed by atoms with van der Waals surface area (Å²) in [6, 6.07) is -1.17. The van der Waals surface area contributed by atoms with Crippen LogP contribution in [0.5, 0.6) is 0 Å². The van der Waals surface area contributed by atoms with E-state index in [4.69, 9.17) is 9.47 Å². The van der Waals surface area contributed by atoms with Gasteiger partial charge >= 0.3 is 11.9 Å². The van der Waals surface area contributed by atoms with Crippen LogP contribution in [0.1, 0.15) is 13.8 Å². The predicted octanol–water partition coefficient (Wildman–Crippen LogP) is -0.0484. The van der Waals surface area contributed by atoms with E-state index in [1.54, 1.807) is 13.8 Å². The SMILES string of the molecule is CCOC(=O)C(C(=O)OCC)C1Nc2ncncc2NC1=O. The second kappa shape index (κ2) is 6.83. The van der Waals surface area contributed by atoms with Crippen molar-refractivity contribution in [3.05, 3.63) is 12.5 Å². The molecule has 0 saturated carbocycles. The Morgan fingerprint density at radius 1 is 1.27 bits per heavy atom. The van der Waals surface area contributed by atoms with E-state index in [0.29, 0.717) is 11.5 Å². The summed E-state index contributed by atoms with van der Waals surface area (Å²) in [5.41, 5.74) is 0.371. The van der Waals surface area contributed by atoms with Crippen LogP contribution in [0.2, 0.25) is 0 Å². The molecule has 2 rings (SSSR count). The summed E-state index contributed by atoms with van der Waals surface area (Å²) >= 11 is 0. The molecular formula is C13H16N4O5. The first-order valence-corrected chi connectivity index (χ1v) is 6.79. The van der Waals surface area contributed by atoms with Gasteiger partial charge in [-0.15, -0.1) is 0 Å². The van der Waals surface area contributed by atoms with Crippen molar-refractivity contribution < 1.29 is 23.9 Å². The third-order valence-electron chi connectivity index (χ3n) is 2.96. The molecule has 1 aromatic rings. The highest BCUT2D eigenvalue weighted by Crippen LogP contribution is 2.26. The maximum atomic E-state index is 12.2. The molecule has 0 aliphatic carbocycles. The van der Waals surface area contributed by atoms with E-state index in [0.717, 1.165) is 0 Å². The molecule has 1 amide bonds. The topological polar surface area (TPSA) is 120 Å². The number of carbonyl (C=O) groups is 3. The molecule has 1 aliphatic heterocycles. The number of aromatic nitrogens is 2. The number of hydrogen-bond acceptors (Lipinski definition) is 8. The van der Waals surface area contributed by atoms with Crippen LogP contribution in [0.25, 0.3) is 0 Å². The van der Waals surface area contributed by atoms with Crippen molar-refractivity contribution in [1.29, 1.82) is 0 Å². The van der Waals surface area contributed by atoms with Gasteiger partial charge in [0.15, 0.2) is 11.7 Å². The number of hydrogen-bond donors (Lipinski definition) is 2. The van der Waals surface area contributed by atoms with Crippen molar-refractivity contribution in [3.63, 3.8) is 0 Å². The Bertz CT molecular complexity index is 574. The van der Waals surface area contributed by atoms with Crippen LogP contribution in [-0.2, 0) is 23.9 Å². The Kier molecular flexibility index (Phi) is 4.87. The van der Waals surface area contributed by atoms with Crippen molar-refractivity contribution in [1.82, 2.24) is 9.97 Å². The minimum absolute atomic E-state index is 0.0852. The number of nitrogens with one attached hydrogen (secondary N) is 2. The minimum atomic E-state index is -1.41. The molecule has 0 bridgehead atoms. The highest BCUT2D eigenvalue weighted by atomic mass is 16.6. The van der Waals surface area contributed by atoms with Crippen LogP contribution in [0.4, 0.5) is 11.5 Å². The number of rotatable bonds is 5. The van der Waals surface area contributed by atoms with Gasteiger partial charge in [-0.25, -0.2) is 9.97 Å². The molecular weight excluding hydrogens is 292 g/mol. The lowest BCUT2D eigenvalue weighted by molar-refractivity contribution is -0.163. The fourth-order valence-corrected chi connectivity index (χ4v) is 2.03. The molecule has 0 saturated heterocycles. The predicted molar refractivity (Wildman–Crippen MR) is 74.8 cm³/mol. The molecule has 0 fully saturated rings. The number of fused-ring (bicyclic) bond motifs is 1. The van der Waals surface area contributed by atoms with Crippen LogP contribution in [0.3, 0.4) is 0 Å². The second-order valence-electron chi connectivity index (χ2n) is 4.38. The first kappa shape index (κ1) is 15.7. The van der Waals surface area contributed by atoms with Gasteiger partial charge in [0.25, 0.3) is 0 Å². The lowest BCUT2D eigenvalue weighted by Gasteiger charge is -2.29. The van der Waals surface area contributed by atoms with E-state index in [1.807, 2.05) is 0 Å². The number of amides is 1. The standard InChI is InChI=1S/C13H16N4O5/c1-3-21-12(19)8(13(20)22-4-2)9-11(18)16-7-5-14-6-15-10(7)17-9/h5-6,8-9H,3-4H2,1-2H3,(H,16,18)(H,14,15,17). The molecule has 0 aromatic carbocycles. The Hall–Kier alpha value is -2.71. The highest BCUT2D eigenvalue weighted by molar-refractivity contribution is 6.09. The van der Waals surface area contributed by atoms with Crippen molar-refractivity contribution >= 4 is 29.4 Å². The summed E-state index contributed by atoms with van der Waals surface area (Å²) in [5.74, 6) is -3.31. The van der Waals surface area contributed by atoms with Crippen LogP contribution in [0, 0.1) is 5.92 Å². The van der Waals surface area contributed by atoms with E-state index >= 15 is 0 Å². The number of carbonyl (C=O) groups excluding carboxylic acids is 3. The Morgan fingerprint density at radius 3 is 2.50 bits per heavy atom. The fraction of sp³-hybridized carbons (Fsp3) is 0.462. The monoisotopic (exact) mass is 308 g/mol. The number of nitrogens with zero attached hydrogens (tertiary/aromatic N) is 2. The molecule has 1 atom stereocenters. The van der Waals surface area contributed by atoms with E-state index < -0.39 is 29.8 Å². The Labute approximate surface area is 126 Å². The second-order valence-corrected chi connectivity index (χ2v) is 4.38. The summed E-state index contributed by atoms with van der Waals surface area (Å²) in [4.78, 5) is 44.0. The van der Waals surface area contributed by atoms with Gasteiger partial charge in [0.1, 0.15) is 18.1 Å². The zero-order chi connectivity index (χ0) is 16.1. The molecule has 9 nitrogen and oxygen atoms in total. The minimum Gasteiger partial charge on any atom is -0.465 e. The van der Waals surface area contributed by atoms with Crippen molar-refractivity contribution in [2.24, 2.45) is 5.92 Å².